The number of hydrogen-bond acceptors (Lipinski definition) is 6. The molecule has 6 heteroatoms. The van der Waals surface area contributed by atoms with E-state index in [2.05, 4.69) is 14.9 Å². The van der Waals surface area contributed by atoms with E-state index >= 15 is 0 Å². The van der Waals surface area contributed by atoms with Crippen molar-refractivity contribution in [3.05, 3.63) is 18.1 Å². The van der Waals surface area contributed by atoms with Gasteiger partial charge in [-0.15, -0.1) is 0 Å². The molecule has 18 heavy (non-hydrogen) atoms. The summed E-state index contributed by atoms with van der Waals surface area (Å²) < 4.78 is 16.8. The largest absolute Gasteiger partial charge is 0.474 e. The fraction of sp³-hybridized carbons (Fsp3) is 0.667. The fourth-order valence-electron chi connectivity index (χ4n) is 2.32. The van der Waals surface area contributed by atoms with Crippen LogP contribution in [-0.4, -0.2) is 53.7 Å². The molecule has 1 aromatic rings. The van der Waals surface area contributed by atoms with Gasteiger partial charge in [0.25, 0.3) is 0 Å². The molecule has 0 saturated carbocycles. The number of nitrogens with zero attached hydrogens (tertiary/aromatic N) is 3. The summed E-state index contributed by atoms with van der Waals surface area (Å²) in [5, 5.41) is 0. The molecule has 0 amide bonds. The number of fused-ring (bicyclic) bond motifs is 1. The summed E-state index contributed by atoms with van der Waals surface area (Å²) >= 11 is 0. The Morgan fingerprint density at radius 1 is 1.28 bits per heavy atom. The topological polar surface area (TPSA) is 56.7 Å². The van der Waals surface area contributed by atoms with Crippen molar-refractivity contribution in [2.24, 2.45) is 0 Å². The maximum atomic E-state index is 5.84. The maximum Gasteiger partial charge on any atom is 0.235 e. The van der Waals surface area contributed by atoms with Crippen molar-refractivity contribution in [1.82, 2.24) is 14.9 Å². The molecule has 3 rings (SSSR count). The molecular formula is C12H17N3O3. The Morgan fingerprint density at radius 3 is 2.72 bits per heavy atom. The van der Waals surface area contributed by atoms with Crippen LogP contribution in [0.4, 0.5) is 0 Å². The molecule has 1 aromatic heterocycles. The second-order valence-electron chi connectivity index (χ2n) is 4.67. The lowest BCUT2D eigenvalue weighted by molar-refractivity contribution is 0.0693. The number of ether oxygens (including phenoxy) is 3. The maximum absolute atomic E-state index is 5.84. The Balaban J connectivity index is 1.70. The van der Waals surface area contributed by atoms with Crippen molar-refractivity contribution in [2.45, 2.75) is 18.9 Å². The van der Waals surface area contributed by atoms with E-state index in [1.54, 1.807) is 12.4 Å². The van der Waals surface area contributed by atoms with E-state index in [1.807, 2.05) is 6.92 Å². The van der Waals surface area contributed by atoms with Gasteiger partial charge in [-0.05, 0) is 6.42 Å². The lowest BCUT2D eigenvalue weighted by Crippen LogP contribution is -2.48. The second kappa shape index (κ2) is 4.79. The van der Waals surface area contributed by atoms with E-state index in [-0.39, 0.29) is 5.54 Å². The number of aryl methyl sites for hydroxylation is 1. The Bertz CT molecular complexity index is 417. The first-order chi connectivity index (χ1) is 8.84. The third-order valence-electron chi connectivity index (χ3n) is 3.45. The molecule has 2 fully saturated rings. The van der Waals surface area contributed by atoms with Crippen molar-refractivity contribution in [2.75, 3.05) is 33.3 Å². The number of rotatable bonds is 4. The molecule has 0 unspecified atom stereocenters. The van der Waals surface area contributed by atoms with E-state index in [0.29, 0.717) is 39.2 Å². The van der Waals surface area contributed by atoms with Crippen molar-refractivity contribution >= 4 is 0 Å². The summed E-state index contributed by atoms with van der Waals surface area (Å²) in [5.74, 6) is 0.619. The summed E-state index contributed by atoms with van der Waals surface area (Å²) in [6.07, 6.45) is 4.15. The smallest absolute Gasteiger partial charge is 0.235 e. The summed E-state index contributed by atoms with van der Waals surface area (Å²) in [6, 6.07) is 0. The molecule has 2 aliphatic rings. The van der Waals surface area contributed by atoms with Gasteiger partial charge in [-0.3, -0.25) is 4.98 Å². The standard InChI is InChI=1S/C12H17N3O3/c1-2-10-11(14-4-3-13-10)18-7-12-5-16-8-15(12)9-17-6-12/h3-4H,2,5-9H2,1H3. The van der Waals surface area contributed by atoms with Crippen LogP contribution in [0.25, 0.3) is 0 Å². The van der Waals surface area contributed by atoms with Gasteiger partial charge in [0.2, 0.25) is 5.88 Å². The second-order valence-corrected chi connectivity index (χ2v) is 4.67. The third-order valence-corrected chi connectivity index (χ3v) is 3.45. The molecule has 98 valence electrons. The Hall–Kier alpha value is -1.24. The summed E-state index contributed by atoms with van der Waals surface area (Å²) in [6.45, 7) is 5.09. The Morgan fingerprint density at radius 2 is 2.00 bits per heavy atom. The molecule has 2 saturated heterocycles. The van der Waals surface area contributed by atoms with Crippen molar-refractivity contribution in [1.29, 1.82) is 0 Å². The molecule has 0 aromatic carbocycles. The van der Waals surface area contributed by atoms with Crippen LogP contribution in [-0.2, 0) is 15.9 Å². The SMILES string of the molecule is CCc1nccnc1OCC12COCN1COC2. The summed E-state index contributed by atoms with van der Waals surface area (Å²) in [7, 11) is 0. The van der Waals surface area contributed by atoms with Crippen molar-refractivity contribution < 1.29 is 14.2 Å². The first kappa shape index (κ1) is 11.8. The number of aromatic nitrogens is 2. The molecule has 3 heterocycles. The van der Waals surface area contributed by atoms with Crippen LogP contribution >= 0.6 is 0 Å². The van der Waals surface area contributed by atoms with Gasteiger partial charge in [0.15, 0.2) is 0 Å². The average Bonchev–Trinajstić information content (AvgIpc) is 2.96. The van der Waals surface area contributed by atoms with Crippen LogP contribution in [0, 0.1) is 0 Å². The lowest BCUT2D eigenvalue weighted by atomic mass is 10.0. The van der Waals surface area contributed by atoms with Crippen LogP contribution in [0.5, 0.6) is 5.88 Å². The van der Waals surface area contributed by atoms with E-state index in [4.69, 9.17) is 14.2 Å². The van der Waals surface area contributed by atoms with Gasteiger partial charge in [0, 0.05) is 12.4 Å². The number of hydrogen-bond donors (Lipinski definition) is 0. The minimum atomic E-state index is -0.150. The first-order valence-electron chi connectivity index (χ1n) is 6.17. The highest BCUT2D eigenvalue weighted by atomic mass is 16.6. The zero-order valence-corrected chi connectivity index (χ0v) is 10.5. The van der Waals surface area contributed by atoms with Gasteiger partial charge in [0.05, 0.1) is 13.2 Å². The van der Waals surface area contributed by atoms with Crippen molar-refractivity contribution in [3.63, 3.8) is 0 Å². The molecule has 6 nitrogen and oxygen atoms in total. The van der Waals surface area contributed by atoms with Crippen LogP contribution < -0.4 is 4.74 Å². The highest BCUT2D eigenvalue weighted by Gasteiger charge is 2.47. The Kier molecular flexibility index (Phi) is 3.15. The minimum absolute atomic E-state index is 0.150. The first-order valence-corrected chi connectivity index (χ1v) is 6.17. The van der Waals surface area contributed by atoms with Crippen LogP contribution in [0.15, 0.2) is 12.4 Å². The van der Waals surface area contributed by atoms with Gasteiger partial charge in [-0.2, -0.15) is 0 Å². The highest BCUT2D eigenvalue weighted by molar-refractivity contribution is 5.17. The van der Waals surface area contributed by atoms with Gasteiger partial charge < -0.3 is 14.2 Å². The van der Waals surface area contributed by atoms with Crippen molar-refractivity contribution in [3.8, 4) is 5.88 Å². The highest BCUT2D eigenvalue weighted by Crippen LogP contribution is 2.29. The van der Waals surface area contributed by atoms with Gasteiger partial charge in [-0.25, -0.2) is 9.88 Å². The molecule has 0 N–H and O–H groups in total. The minimum Gasteiger partial charge on any atom is -0.474 e. The normalized spacial score (nSPS) is 22.1. The molecule has 0 atom stereocenters. The monoisotopic (exact) mass is 251 g/mol. The zero-order chi connectivity index (χ0) is 12.4. The molecule has 2 aliphatic heterocycles. The zero-order valence-electron chi connectivity index (χ0n) is 10.5. The predicted octanol–water partition coefficient (Wildman–Crippen LogP) is 0.434. The van der Waals surface area contributed by atoms with Crippen LogP contribution in [0.1, 0.15) is 12.6 Å². The molecule has 0 radical (unpaired) electrons. The lowest BCUT2D eigenvalue weighted by Gasteiger charge is -2.27. The van der Waals surface area contributed by atoms with Crippen LogP contribution in [0.2, 0.25) is 0 Å². The van der Waals surface area contributed by atoms with E-state index in [9.17, 15) is 0 Å². The Labute approximate surface area is 106 Å². The fourth-order valence-corrected chi connectivity index (χ4v) is 2.32. The van der Waals surface area contributed by atoms with E-state index in [1.165, 1.54) is 0 Å². The molecule has 0 spiro atoms. The molecule has 0 aliphatic carbocycles. The van der Waals surface area contributed by atoms with Gasteiger partial charge >= 0.3 is 0 Å². The molecular weight excluding hydrogens is 234 g/mol. The molecule has 0 bridgehead atoms. The third kappa shape index (κ3) is 1.96. The van der Waals surface area contributed by atoms with Gasteiger partial charge in [-0.1, -0.05) is 6.92 Å². The van der Waals surface area contributed by atoms with Gasteiger partial charge in [0.1, 0.15) is 31.3 Å². The summed E-state index contributed by atoms with van der Waals surface area (Å²) in [5.41, 5.74) is 0.737. The predicted molar refractivity (Wildman–Crippen MR) is 63.1 cm³/mol. The average molecular weight is 251 g/mol. The quantitative estimate of drug-likeness (QED) is 0.773. The van der Waals surface area contributed by atoms with E-state index < -0.39 is 0 Å². The van der Waals surface area contributed by atoms with Crippen LogP contribution in [0.3, 0.4) is 0 Å². The summed E-state index contributed by atoms with van der Waals surface area (Å²) in [4.78, 5) is 10.7. The van der Waals surface area contributed by atoms with E-state index in [0.717, 1.165) is 12.1 Å².